The molecule has 1 aromatic rings. The van der Waals surface area contributed by atoms with Crippen LogP contribution in [0.15, 0.2) is 18.2 Å². The highest BCUT2D eigenvalue weighted by Crippen LogP contribution is 2.24. The van der Waals surface area contributed by atoms with Gasteiger partial charge in [-0.3, -0.25) is 4.72 Å². The summed E-state index contributed by atoms with van der Waals surface area (Å²) in [5.41, 5.74) is 0.362. The van der Waals surface area contributed by atoms with Crippen molar-refractivity contribution >= 4 is 50.1 Å². The minimum absolute atomic E-state index is 0.362. The Morgan fingerprint density at radius 1 is 1.43 bits per heavy atom. The zero-order valence-corrected chi connectivity index (χ0v) is 10.9. The molecular weight excluding hydrogens is 339 g/mol. The summed E-state index contributed by atoms with van der Waals surface area (Å²) in [5, 5.41) is 0.371. The molecule has 0 saturated heterocycles. The van der Waals surface area contributed by atoms with Crippen molar-refractivity contribution in [2.24, 2.45) is 0 Å². The van der Waals surface area contributed by atoms with Crippen LogP contribution in [-0.2, 0) is 10.2 Å². The molecule has 0 bridgehead atoms. The van der Waals surface area contributed by atoms with Crippen molar-refractivity contribution in [2.75, 3.05) is 11.8 Å². The number of nitrogens with one attached hydrogen (secondary N) is 2. The quantitative estimate of drug-likeness (QED) is 0.820. The fraction of sp³-hybridized carbons (Fsp3) is 0.143. The molecule has 1 rings (SSSR count). The first-order valence-electron chi connectivity index (χ1n) is 3.61. The third kappa shape index (κ3) is 3.26. The molecule has 0 spiro atoms. The van der Waals surface area contributed by atoms with Gasteiger partial charge in [0.1, 0.15) is 0 Å². The van der Waals surface area contributed by atoms with Crippen LogP contribution in [0, 0.1) is 3.57 Å². The van der Waals surface area contributed by atoms with Gasteiger partial charge in [-0.05, 0) is 40.8 Å². The van der Waals surface area contributed by atoms with Crippen molar-refractivity contribution < 1.29 is 8.42 Å². The maximum absolute atomic E-state index is 11.1. The Kier molecular flexibility index (Phi) is 3.99. The Morgan fingerprint density at radius 2 is 2.07 bits per heavy atom. The second-order valence-corrected chi connectivity index (χ2v) is 5.71. The van der Waals surface area contributed by atoms with E-state index in [2.05, 4.69) is 32.0 Å². The number of halogens is 2. The van der Waals surface area contributed by atoms with E-state index in [-0.39, 0.29) is 0 Å². The summed E-state index contributed by atoms with van der Waals surface area (Å²) in [6.07, 6.45) is 0. The smallest absolute Gasteiger partial charge is 0.270 e. The van der Waals surface area contributed by atoms with Crippen molar-refractivity contribution in [2.45, 2.75) is 0 Å². The zero-order chi connectivity index (χ0) is 10.8. The second kappa shape index (κ2) is 4.65. The van der Waals surface area contributed by atoms with Gasteiger partial charge >= 0.3 is 0 Å². The molecule has 0 aliphatic rings. The summed E-state index contributed by atoms with van der Waals surface area (Å²) >= 11 is 7.92. The summed E-state index contributed by atoms with van der Waals surface area (Å²) in [6, 6.07) is 5.05. The Hall–Kier alpha value is -0.0500. The summed E-state index contributed by atoms with van der Waals surface area (Å²) in [7, 11) is -2.17. The van der Waals surface area contributed by atoms with Crippen LogP contribution in [0.3, 0.4) is 0 Å². The highest BCUT2D eigenvalue weighted by Gasteiger charge is 2.08. The highest BCUT2D eigenvalue weighted by atomic mass is 127. The molecule has 4 nitrogen and oxygen atoms in total. The fourth-order valence-electron chi connectivity index (χ4n) is 0.768. The predicted octanol–water partition coefficient (Wildman–Crippen LogP) is 1.82. The van der Waals surface area contributed by atoms with Crippen molar-refractivity contribution in [3.05, 3.63) is 26.8 Å². The third-order valence-corrected chi connectivity index (χ3v) is 3.45. The van der Waals surface area contributed by atoms with Gasteiger partial charge in [0.05, 0.1) is 10.7 Å². The summed E-state index contributed by atoms with van der Waals surface area (Å²) in [6.45, 7) is 0. The summed E-state index contributed by atoms with van der Waals surface area (Å²) in [4.78, 5) is 0. The minimum Gasteiger partial charge on any atom is -0.270 e. The van der Waals surface area contributed by atoms with Crippen LogP contribution >= 0.6 is 34.2 Å². The first-order valence-corrected chi connectivity index (χ1v) is 6.55. The molecule has 0 fully saturated rings. The monoisotopic (exact) mass is 346 g/mol. The van der Waals surface area contributed by atoms with Gasteiger partial charge in [0, 0.05) is 10.6 Å². The molecule has 0 atom stereocenters. The van der Waals surface area contributed by atoms with Gasteiger partial charge in [0.2, 0.25) is 0 Å². The third-order valence-electron chi connectivity index (χ3n) is 1.44. The van der Waals surface area contributed by atoms with Crippen LogP contribution in [0.4, 0.5) is 5.69 Å². The predicted molar refractivity (Wildman–Crippen MR) is 65.8 cm³/mol. The number of anilines is 1. The normalized spacial score (nSPS) is 11.4. The van der Waals surface area contributed by atoms with E-state index in [1.807, 2.05) is 0 Å². The standard InChI is InChI=1S/C7H8ClIN2O2S/c1-10-14(12,13)11-7-3-2-5(9)4-6(7)8/h2-4,10-11H,1H3. The van der Waals surface area contributed by atoms with Crippen molar-refractivity contribution in [3.8, 4) is 0 Å². The van der Waals surface area contributed by atoms with Gasteiger partial charge in [0.15, 0.2) is 0 Å². The van der Waals surface area contributed by atoms with Gasteiger partial charge in [-0.25, -0.2) is 4.72 Å². The lowest BCUT2D eigenvalue weighted by molar-refractivity contribution is 0.593. The maximum Gasteiger partial charge on any atom is 0.298 e. The van der Waals surface area contributed by atoms with E-state index in [1.54, 1.807) is 18.2 Å². The zero-order valence-electron chi connectivity index (χ0n) is 7.21. The van der Waals surface area contributed by atoms with E-state index in [4.69, 9.17) is 11.6 Å². The first kappa shape index (κ1) is 12.0. The number of hydrogen-bond donors (Lipinski definition) is 2. The molecule has 7 heteroatoms. The van der Waals surface area contributed by atoms with Crippen LogP contribution in [0.25, 0.3) is 0 Å². The topological polar surface area (TPSA) is 58.2 Å². The van der Waals surface area contributed by atoms with Crippen molar-refractivity contribution in [3.63, 3.8) is 0 Å². The maximum atomic E-state index is 11.1. The Bertz CT molecular complexity index is 435. The second-order valence-electron chi connectivity index (χ2n) is 2.43. The van der Waals surface area contributed by atoms with Gasteiger partial charge in [-0.1, -0.05) is 11.6 Å². The Labute approximate surface area is 101 Å². The van der Waals surface area contributed by atoms with Crippen LogP contribution in [0.2, 0.25) is 5.02 Å². The molecule has 0 aliphatic heterocycles. The minimum atomic E-state index is -3.49. The lowest BCUT2D eigenvalue weighted by Gasteiger charge is -2.07. The lowest BCUT2D eigenvalue weighted by atomic mass is 10.3. The van der Waals surface area contributed by atoms with Gasteiger partial charge in [-0.2, -0.15) is 8.42 Å². The van der Waals surface area contributed by atoms with E-state index in [0.29, 0.717) is 10.7 Å². The SMILES string of the molecule is CNS(=O)(=O)Nc1ccc(I)cc1Cl. The van der Waals surface area contributed by atoms with Gasteiger partial charge in [-0.15, -0.1) is 0 Å². The molecule has 78 valence electrons. The molecule has 0 amide bonds. The molecule has 0 aliphatic carbocycles. The summed E-state index contributed by atoms with van der Waals surface area (Å²) in [5.74, 6) is 0. The largest absolute Gasteiger partial charge is 0.298 e. The molecular formula is C7H8ClIN2O2S. The molecule has 1 aromatic carbocycles. The van der Waals surface area contributed by atoms with Crippen LogP contribution < -0.4 is 9.44 Å². The van der Waals surface area contributed by atoms with E-state index in [9.17, 15) is 8.42 Å². The molecule has 0 saturated carbocycles. The number of rotatable bonds is 3. The molecule has 14 heavy (non-hydrogen) atoms. The Balaban J connectivity index is 2.99. The molecule has 2 N–H and O–H groups in total. The van der Waals surface area contributed by atoms with E-state index in [1.165, 1.54) is 7.05 Å². The van der Waals surface area contributed by atoms with E-state index in [0.717, 1.165) is 3.57 Å². The Morgan fingerprint density at radius 3 is 2.57 bits per heavy atom. The van der Waals surface area contributed by atoms with Gasteiger partial charge in [0.25, 0.3) is 10.2 Å². The van der Waals surface area contributed by atoms with Crippen LogP contribution in [0.5, 0.6) is 0 Å². The fourth-order valence-corrected chi connectivity index (χ4v) is 2.30. The van der Waals surface area contributed by atoms with E-state index >= 15 is 0 Å². The van der Waals surface area contributed by atoms with Crippen LogP contribution in [-0.4, -0.2) is 15.5 Å². The molecule has 0 unspecified atom stereocenters. The van der Waals surface area contributed by atoms with Crippen LogP contribution in [0.1, 0.15) is 0 Å². The first-order chi connectivity index (χ1) is 6.44. The molecule has 0 radical (unpaired) electrons. The highest BCUT2D eigenvalue weighted by molar-refractivity contribution is 14.1. The van der Waals surface area contributed by atoms with Crippen molar-refractivity contribution in [1.29, 1.82) is 0 Å². The van der Waals surface area contributed by atoms with Crippen molar-refractivity contribution in [1.82, 2.24) is 4.72 Å². The lowest BCUT2D eigenvalue weighted by Crippen LogP contribution is -2.26. The average Bonchev–Trinajstić information content (AvgIpc) is 2.10. The van der Waals surface area contributed by atoms with Gasteiger partial charge < -0.3 is 0 Å². The molecule has 0 heterocycles. The number of benzene rings is 1. The average molecular weight is 347 g/mol. The molecule has 0 aromatic heterocycles. The summed E-state index contributed by atoms with van der Waals surface area (Å²) < 4.78 is 27.6. The van der Waals surface area contributed by atoms with E-state index < -0.39 is 10.2 Å². The number of hydrogen-bond acceptors (Lipinski definition) is 2.